The number of nitrogens with one attached hydrogen (secondary N) is 1. The molecule has 108 valence electrons. The molecule has 1 aliphatic heterocycles. The lowest BCUT2D eigenvalue weighted by atomic mass is 10.2. The third-order valence-electron chi connectivity index (χ3n) is 2.59. The van der Waals surface area contributed by atoms with Gasteiger partial charge in [0.25, 0.3) is 5.91 Å². The molecule has 0 bridgehead atoms. The fourth-order valence-electron chi connectivity index (χ4n) is 1.66. The van der Waals surface area contributed by atoms with Crippen LogP contribution in [0.1, 0.15) is 0 Å². The molecule has 7 nitrogen and oxygen atoms in total. The highest BCUT2D eigenvalue weighted by molar-refractivity contribution is 6.30. The maximum absolute atomic E-state index is 11.8. The molecular weight excluding hydrogens is 298 g/mol. The molecule has 0 radical (unpaired) electrons. The van der Waals surface area contributed by atoms with E-state index in [1.165, 1.54) is 6.26 Å². The number of amides is 1. The lowest BCUT2D eigenvalue weighted by Crippen LogP contribution is -2.21. The van der Waals surface area contributed by atoms with Crippen molar-refractivity contribution in [3.05, 3.63) is 41.3 Å². The minimum Gasteiger partial charge on any atom is -0.494 e. The molecule has 1 N–H and O–H groups in total. The Bertz CT molecular complexity index is 698. The van der Waals surface area contributed by atoms with Gasteiger partial charge in [0, 0.05) is 10.6 Å². The van der Waals surface area contributed by atoms with Crippen LogP contribution in [0.4, 0.5) is 6.01 Å². The first-order chi connectivity index (χ1) is 10.2. The van der Waals surface area contributed by atoms with E-state index >= 15 is 0 Å². The summed E-state index contributed by atoms with van der Waals surface area (Å²) in [6.45, 7) is 0.729. The average molecular weight is 308 g/mol. The molecule has 0 spiro atoms. The smallest absolute Gasteiger partial charge is 0.322 e. The molecule has 0 saturated carbocycles. The second-order valence-electron chi connectivity index (χ2n) is 4.08. The van der Waals surface area contributed by atoms with Crippen LogP contribution in [0.15, 0.2) is 40.7 Å². The fourth-order valence-corrected chi connectivity index (χ4v) is 1.85. The van der Waals surface area contributed by atoms with Crippen molar-refractivity contribution in [3.63, 3.8) is 0 Å². The summed E-state index contributed by atoms with van der Waals surface area (Å²) in [6.07, 6.45) is 1.24. The monoisotopic (exact) mass is 307 g/mol. The summed E-state index contributed by atoms with van der Waals surface area (Å²) in [5, 5.41) is 10.6. The van der Waals surface area contributed by atoms with Crippen LogP contribution in [0.25, 0.3) is 11.5 Å². The van der Waals surface area contributed by atoms with E-state index in [1.54, 1.807) is 24.3 Å². The molecular formula is C13H10ClN3O4. The van der Waals surface area contributed by atoms with Crippen LogP contribution in [0.3, 0.4) is 0 Å². The van der Waals surface area contributed by atoms with Gasteiger partial charge in [-0.1, -0.05) is 22.8 Å². The second-order valence-corrected chi connectivity index (χ2v) is 4.51. The SMILES string of the molecule is O=C(Nc1nnc(-c2cccc(Cl)c2)o1)C1=COCCO1. The van der Waals surface area contributed by atoms with Gasteiger partial charge in [-0.15, -0.1) is 5.10 Å². The van der Waals surface area contributed by atoms with Crippen molar-refractivity contribution >= 4 is 23.5 Å². The quantitative estimate of drug-likeness (QED) is 0.935. The number of carbonyl (C=O) groups excluding carboxylic acids is 1. The van der Waals surface area contributed by atoms with E-state index in [0.717, 1.165) is 0 Å². The topological polar surface area (TPSA) is 86.5 Å². The van der Waals surface area contributed by atoms with E-state index in [-0.39, 0.29) is 17.7 Å². The largest absolute Gasteiger partial charge is 0.494 e. The Hall–Kier alpha value is -2.54. The molecule has 1 aromatic carbocycles. The lowest BCUT2D eigenvalue weighted by Gasteiger charge is -2.13. The molecule has 1 aliphatic rings. The fraction of sp³-hybridized carbons (Fsp3) is 0.154. The number of benzene rings is 1. The van der Waals surface area contributed by atoms with Gasteiger partial charge in [0.1, 0.15) is 19.5 Å². The van der Waals surface area contributed by atoms with Crippen LogP contribution in [-0.2, 0) is 14.3 Å². The third kappa shape index (κ3) is 3.14. The Morgan fingerprint density at radius 3 is 2.95 bits per heavy atom. The van der Waals surface area contributed by atoms with E-state index < -0.39 is 5.91 Å². The Morgan fingerprint density at radius 1 is 1.29 bits per heavy atom. The zero-order valence-electron chi connectivity index (χ0n) is 10.7. The standard InChI is InChI=1S/C13H10ClN3O4/c14-9-3-1-2-8(6-9)12-16-17-13(21-12)15-11(18)10-7-19-4-5-20-10/h1-3,6-7H,4-5H2,(H,15,17,18). The number of halogens is 1. The van der Waals surface area contributed by atoms with Crippen LogP contribution in [0.2, 0.25) is 5.02 Å². The van der Waals surface area contributed by atoms with Crippen molar-refractivity contribution in [3.8, 4) is 11.5 Å². The first kappa shape index (κ1) is 13.4. The number of ether oxygens (including phenoxy) is 2. The van der Waals surface area contributed by atoms with Gasteiger partial charge >= 0.3 is 6.01 Å². The number of anilines is 1. The highest BCUT2D eigenvalue weighted by Gasteiger charge is 2.18. The Balaban J connectivity index is 1.73. The maximum Gasteiger partial charge on any atom is 0.322 e. The van der Waals surface area contributed by atoms with Gasteiger partial charge in [-0.05, 0) is 18.2 Å². The summed E-state index contributed by atoms with van der Waals surface area (Å²) in [6, 6.07) is 6.91. The molecule has 21 heavy (non-hydrogen) atoms. The molecule has 1 amide bonds. The molecule has 2 heterocycles. The van der Waals surface area contributed by atoms with Gasteiger partial charge in [0.15, 0.2) is 0 Å². The van der Waals surface area contributed by atoms with E-state index in [0.29, 0.717) is 23.8 Å². The van der Waals surface area contributed by atoms with E-state index in [9.17, 15) is 4.79 Å². The van der Waals surface area contributed by atoms with Crippen molar-refractivity contribution in [2.75, 3.05) is 18.5 Å². The van der Waals surface area contributed by atoms with Crippen molar-refractivity contribution in [1.29, 1.82) is 0 Å². The van der Waals surface area contributed by atoms with Crippen molar-refractivity contribution in [2.45, 2.75) is 0 Å². The number of hydrogen-bond donors (Lipinski definition) is 1. The molecule has 0 unspecified atom stereocenters. The predicted octanol–water partition coefficient (Wildman–Crippen LogP) is 2.22. The highest BCUT2D eigenvalue weighted by Crippen LogP contribution is 2.23. The molecule has 0 saturated heterocycles. The van der Waals surface area contributed by atoms with E-state index in [4.69, 9.17) is 25.5 Å². The summed E-state index contributed by atoms with van der Waals surface area (Å²) in [5.74, 6) is -0.206. The summed E-state index contributed by atoms with van der Waals surface area (Å²) in [5.41, 5.74) is 0.659. The van der Waals surface area contributed by atoms with Gasteiger partial charge in [-0.3, -0.25) is 10.1 Å². The minimum absolute atomic E-state index is 0.0370. The van der Waals surface area contributed by atoms with Gasteiger partial charge in [0.05, 0.1) is 0 Å². The molecule has 3 rings (SSSR count). The van der Waals surface area contributed by atoms with Crippen LogP contribution < -0.4 is 5.32 Å². The Morgan fingerprint density at radius 2 is 2.19 bits per heavy atom. The van der Waals surface area contributed by atoms with Crippen LogP contribution >= 0.6 is 11.6 Å². The zero-order valence-corrected chi connectivity index (χ0v) is 11.5. The molecule has 2 aromatic rings. The Kier molecular flexibility index (Phi) is 3.74. The van der Waals surface area contributed by atoms with Crippen molar-refractivity contribution < 1.29 is 18.7 Å². The summed E-state index contributed by atoms with van der Waals surface area (Å²) < 4.78 is 15.5. The number of nitrogens with zero attached hydrogens (tertiary/aromatic N) is 2. The number of rotatable bonds is 3. The zero-order chi connectivity index (χ0) is 14.7. The maximum atomic E-state index is 11.8. The average Bonchev–Trinajstić information content (AvgIpc) is 2.97. The van der Waals surface area contributed by atoms with E-state index in [2.05, 4.69) is 15.5 Å². The first-order valence-corrected chi connectivity index (χ1v) is 6.45. The summed E-state index contributed by atoms with van der Waals surface area (Å²) in [4.78, 5) is 11.8. The van der Waals surface area contributed by atoms with Crippen LogP contribution in [0, 0.1) is 0 Å². The summed E-state index contributed by atoms with van der Waals surface area (Å²) in [7, 11) is 0. The molecule has 0 atom stereocenters. The summed E-state index contributed by atoms with van der Waals surface area (Å²) >= 11 is 5.89. The molecule has 0 aliphatic carbocycles. The van der Waals surface area contributed by atoms with Crippen molar-refractivity contribution in [1.82, 2.24) is 10.2 Å². The number of carbonyl (C=O) groups is 1. The first-order valence-electron chi connectivity index (χ1n) is 6.08. The number of hydrogen-bond acceptors (Lipinski definition) is 6. The van der Waals surface area contributed by atoms with Crippen molar-refractivity contribution in [2.24, 2.45) is 0 Å². The third-order valence-corrected chi connectivity index (χ3v) is 2.83. The van der Waals surface area contributed by atoms with Crippen LogP contribution in [-0.4, -0.2) is 29.3 Å². The highest BCUT2D eigenvalue weighted by atomic mass is 35.5. The van der Waals surface area contributed by atoms with Gasteiger partial charge < -0.3 is 13.9 Å². The number of aromatic nitrogens is 2. The molecule has 1 aromatic heterocycles. The van der Waals surface area contributed by atoms with Gasteiger partial charge in [0.2, 0.25) is 11.6 Å². The van der Waals surface area contributed by atoms with Crippen LogP contribution in [0.5, 0.6) is 0 Å². The lowest BCUT2D eigenvalue weighted by molar-refractivity contribution is -0.117. The van der Waals surface area contributed by atoms with Gasteiger partial charge in [-0.25, -0.2) is 0 Å². The molecule has 0 fully saturated rings. The molecule has 8 heteroatoms. The van der Waals surface area contributed by atoms with Gasteiger partial charge in [-0.2, -0.15) is 0 Å². The van der Waals surface area contributed by atoms with E-state index in [1.807, 2.05) is 0 Å². The predicted molar refractivity (Wildman–Crippen MR) is 73.4 cm³/mol. The minimum atomic E-state index is -0.518. The Labute approximate surface area is 124 Å². The normalized spacial score (nSPS) is 13.9. The second kappa shape index (κ2) is 5.84.